The maximum absolute atomic E-state index is 5.49. The number of rotatable bonds is 5. The van der Waals surface area contributed by atoms with E-state index < -0.39 is 0 Å². The summed E-state index contributed by atoms with van der Waals surface area (Å²) < 4.78 is 11.0. The van der Waals surface area contributed by atoms with Crippen LogP contribution < -0.4 is 10.1 Å². The van der Waals surface area contributed by atoms with E-state index in [9.17, 15) is 0 Å². The number of pyridine rings is 1. The van der Waals surface area contributed by atoms with Crippen LogP contribution in [0.15, 0.2) is 59.6 Å². The van der Waals surface area contributed by atoms with E-state index in [0.717, 1.165) is 33.2 Å². The van der Waals surface area contributed by atoms with E-state index in [4.69, 9.17) is 14.2 Å². The van der Waals surface area contributed by atoms with Gasteiger partial charge in [-0.3, -0.25) is 0 Å². The van der Waals surface area contributed by atoms with Crippen LogP contribution in [0.4, 0.5) is 11.5 Å². The van der Waals surface area contributed by atoms with Crippen LogP contribution in [0.1, 0.15) is 18.2 Å². The van der Waals surface area contributed by atoms with Gasteiger partial charge in [0.25, 0.3) is 0 Å². The fourth-order valence-electron chi connectivity index (χ4n) is 3.21. The Balaban J connectivity index is 1.98. The molecule has 0 aliphatic heterocycles. The number of ether oxygens (including phenoxy) is 1. The Kier molecular flexibility index (Phi) is 4.34. The van der Waals surface area contributed by atoms with E-state index >= 15 is 0 Å². The van der Waals surface area contributed by atoms with E-state index in [1.54, 1.807) is 13.2 Å². The van der Waals surface area contributed by atoms with Crippen molar-refractivity contribution in [2.75, 3.05) is 12.4 Å². The molecule has 0 radical (unpaired) electrons. The normalized spacial score (nSPS) is 11.3. The molecule has 4 rings (SSSR count). The Bertz CT molecular complexity index is 1180. The third-order valence-electron chi connectivity index (χ3n) is 4.41. The molecule has 2 heterocycles. The fourth-order valence-corrected chi connectivity index (χ4v) is 3.21. The molecule has 0 atom stereocenters. The van der Waals surface area contributed by atoms with Crippen LogP contribution in [0.2, 0.25) is 0 Å². The topological polar surface area (TPSA) is 60.2 Å². The monoisotopic (exact) mass is 357 g/mol. The molecule has 0 fully saturated rings. The molecule has 2 aromatic carbocycles. The lowest BCUT2D eigenvalue weighted by atomic mass is 10.0. The van der Waals surface area contributed by atoms with Crippen LogP contribution in [0.25, 0.3) is 34.0 Å². The number of allylic oxidation sites excluding steroid dienone is 1. The van der Waals surface area contributed by atoms with Crippen LogP contribution in [-0.4, -0.2) is 17.3 Å². The molecular formula is C22H19N3O2. The average molecular weight is 357 g/mol. The van der Waals surface area contributed by atoms with Crippen molar-refractivity contribution in [3.63, 3.8) is 0 Å². The zero-order valence-corrected chi connectivity index (χ0v) is 15.2. The number of aromatic nitrogens is 2. The molecular weight excluding hydrogens is 338 g/mol. The molecule has 0 aliphatic carbocycles. The number of anilines is 2. The van der Waals surface area contributed by atoms with Gasteiger partial charge in [0.05, 0.1) is 24.0 Å². The second-order valence-corrected chi connectivity index (χ2v) is 6.00. The minimum Gasteiger partial charge on any atom is -0.496 e. The van der Waals surface area contributed by atoms with E-state index in [2.05, 4.69) is 17.1 Å². The lowest BCUT2D eigenvalue weighted by molar-refractivity contribution is 0.419. The maximum atomic E-state index is 5.49. The van der Waals surface area contributed by atoms with Gasteiger partial charge in [-0.05, 0) is 31.2 Å². The number of nitrogens with zero attached hydrogens (tertiary/aromatic N) is 2. The molecule has 27 heavy (non-hydrogen) atoms. The summed E-state index contributed by atoms with van der Waals surface area (Å²) in [5.74, 6) is 1.29. The van der Waals surface area contributed by atoms with Crippen molar-refractivity contribution in [2.24, 2.45) is 0 Å². The summed E-state index contributed by atoms with van der Waals surface area (Å²) in [6.45, 7) is 5.95. The molecule has 2 aromatic heterocycles. The molecule has 5 nitrogen and oxygen atoms in total. The Morgan fingerprint density at radius 3 is 2.78 bits per heavy atom. The number of hydrogen-bond donors (Lipinski definition) is 1. The summed E-state index contributed by atoms with van der Waals surface area (Å²) in [5, 5.41) is 9.42. The Hall–Kier alpha value is -3.60. The van der Waals surface area contributed by atoms with Crippen LogP contribution in [-0.2, 0) is 0 Å². The lowest BCUT2D eigenvalue weighted by Gasteiger charge is -2.14. The Morgan fingerprint density at radius 1 is 1.15 bits per heavy atom. The summed E-state index contributed by atoms with van der Waals surface area (Å²) in [4.78, 5) is 4.76. The zero-order chi connectivity index (χ0) is 18.8. The highest BCUT2D eigenvalue weighted by molar-refractivity contribution is 6.02. The largest absolute Gasteiger partial charge is 0.496 e. The van der Waals surface area contributed by atoms with Crippen LogP contribution in [0.3, 0.4) is 0 Å². The van der Waals surface area contributed by atoms with Crippen molar-refractivity contribution in [2.45, 2.75) is 6.92 Å². The first-order chi connectivity index (χ1) is 13.3. The highest BCUT2D eigenvalue weighted by atomic mass is 16.5. The third-order valence-corrected chi connectivity index (χ3v) is 4.41. The fraction of sp³-hybridized carbons (Fsp3) is 0.0909. The maximum Gasteiger partial charge on any atom is 0.185 e. The van der Waals surface area contributed by atoms with Gasteiger partial charge >= 0.3 is 0 Å². The number of benzene rings is 2. The standard InChI is InChI=1S/C22H19N3O2/c1-4-9-16-14(5-2)21(15-10-6-7-11-17(15)23-16)24-22-20-18(26-3)12-8-13-19(20)27-25-22/h4-13H,2H2,1,3H3,(H,23,24,25)/b9-4-. The van der Waals surface area contributed by atoms with Crippen molar-refractivity contribution in [1.82, 2.24) is 10.1 Å². The molecule has 0 amide bonds. The summed E-state index contributed by atoms with van der Waals surface area (Å²) in [6.07, 6.45) is 5.73. The first-order valence-electron chi connectivity index (χ1n) is 8.64. The third kappa shape index (κ3) is 2.83. The minimum atomic E-state index is 0.591. The highest BCUT2D eigenvalue weighted by Crippen LogP contribution is 2.37. The van der Waals surface area contributed by atoms with E-state index in [1.165, 1.54) is 0 Å². The zero-order valence-electron chi connectivity index (χ0n) is 15.2. The van der Waals surface area contributed by atoms with Crippen LogP contribution >= 0.6 is 0 Å². The molecule has 0 saturated carbocycles. The van der Waals surface area contributed by atoms with Gasteiger partial charge in [0.2, 0.25) is 0 Å². The molecule has 5 heteroatoms. The molecule has 0 unspecified atom stereocenters. The summed E-state index contributed by atoms with van der Waals surface area (Å²) in [6, 6.07) is 13.6. The van der Waals surface area contributed by atoms with Crippen LogP contribution in [0, 0.1) is 0 Å². The van der Waals surface area contributed by atoms with E-state index in [0.29, 0.717) is 17.2 Å². The number of nitrogens with one attached hydrogen (secondary N) is 1. The van der Waals surface area contributed by atoms with Crippen LogP contribution in [0.5, 0.6) is 5.75 Å². The van der Waals surface area contributed by atoms with Gasteiger partial charge in [-0.25, -0.2) is 4.98 Å². The second kappa shape index (κ2) is 6.96. The van der Waals surface area contributed by atoms with Crippen molar-refractivity contribution in [3.8, 4) is 5.75 Å². The van der Waals surface area contributed by atoms with Gasteiger partial charge in [0.1, 0.15) is 11.1 Å². The number of para-hydroxylation sites is 1. The first kappa shape index (κ1) is 16.8. The molecule has 0 spiro atoms. The Labute approximate surface area is 157 Å². The number of hydrogen-bond acceptors (Lipinski definition) is 5. The predicted octanol–water partition coefficient (Wildman–Crippen LogP) is 5.80. The summed E-state index contributed by atoms with van der Waals surface area (Å²) in [5.41, 5.74) is 4.17. The summed E-state index contributed by atoms with van der Waals surface area (Å²) >= 11 is 0. The molecule has 1 N–H and O–H groups in total. The predicted molar refractivity (Wildman–Crippen MR) is 110 cm³/mol. The van der Waals surface area contributed by atoms with Gasteiger partial charge in [-0.1, -0.05) is 48.2 Å². The van der Waals surface area contributed by atoms with E-state index in [1.807, 2.05) is 61.5 Å². The number of fused-ring (bicyclic) bond motifs is 2. The van der Waals surface area contributed by atoms with Gasteiger partial charge in [-0.15, -0.1) is 0 Å². The molecule has 0 bridgehead atoms. The number of methoxy groups -OCH3 is 1. The molecule has 0 aliphatic rings. The Morgan fingerprint density at radius 2 is 2.00 bits per heavy atom. The van der Waals surface area contributed by atoms with Gasteiger partial charge in [0.15, 0.2) is 11.4 Å². The smallest absolute Gasteiger partial charge is 0.185 e. The average Bonchev–Trinajstić information content (AvgIpc) is 3.11. The SMILES string of the molecule is C=Cc1c(/C=C\C)nc2ccccc2c1Nc1noc2cccc(OC)c12. The summed E-state index contributed by atoms with van der Waals surface area (Å²) in [7, 11) is 1.63. The van der Waals surface area contributed by atoms with Gasteiger partial charge in [0, 0.05) is 10.9 Å². The second-order valence-electron chi connectivity index (χ2n) is 6.00. The molecule has 0 saturated heterocycles. The molecule has 4 aromatic rings. The quantitative estimate of drug-likeness (QED) is 0.489. The molecule has 134 valence electrons. The highest BCUT2D eigenvalue weighted by Gasteiger charge is 2.17. The first-order valence-corrected chi connectivity index (χ1v) is 8.64. The van der Waals surface area contributed by atoms with Gasteiger partial charge < -0.3 is 14.6 Å². The minimum absolute atomic E-state index is 0.591. The lowest BCUT2D eigenvalue weighted by Crippen LogP contribution is -2.00. The van der Waals surface area contributed by atoms with Gasteiger partial charge in [-0.2, -0.15) is 0 Å². The van der Waals surface area contributed by atoms with Crippen molar-refractivity contribution < 1.29 is 9.26 Å². The van der Waals surface area contributed by atoms with Crippen molar-refractivity contribution >= 4 is 45.5 Å². The van der Waals surface area contributed by atoms with E-state index in [-0.39, 0.29) is 0 Å². The van der Waals surface area contributed by atoms with Crippen molar-refractivity contribution in [1.29, 1.82) is 0 Å². The van der Waals surface area contributed by atoms with Crippen molar-refractivity contribution in [3.05, 3.63) is 66.4 Å².